The fourth-order valence-electron chi connectivity index (χ4n) is 1.90. The Hall–Kier alpha value is -2.54. The Balaban J connectivity index is 0. The van der Waals surface area contributed by atoms with Crippen LogP contribution < -0.4 is 22.3 Å². The Labute approximate surface area is 236 Å². The fraction of sp³-hybridized carbons (Fsp3) is 0.143. The van der Waals surface area contributed by atoms with Crippen molar-refractivity contribution < 1.29 is 65.7 Å². The Kier molecular flexibility index (Phi) is 16.3. The van der Waals surface area contributed by atoms with Crippen molar-refractivity contribution in [2.24, 2.45) is 0 Å². The van der Waals surface area contributed by atoms with E-state index in [4.69, 9.17) is 17.2 Å². The predicted octanol–water partition coefficient (Wildman–Crippen LogP) is 0.271. The van der Waals surface area contributed by atoms with Gasteiger partial charge in [-0.05, 0) is 72.8 Å². The first-order chi connectivity index (χ1) is 16.7. The zero-order chi connectivity index (χ0) is 29.0. The maximum absolute atomic E-state index is 10.3. The van der Waals surface area contributed by atoms with E-state index < -0.39 is 36.5 Å². The molecule has 0 atom stereocenters. The number of rotatable bonds is 3. The summed E-state index contributed by atoms with van der Waals surface area (Å²) in [5.41, 5.74) is 17.1. The van der Waals surface area contributed by atoms with Gasteiger partial charge in [0.25, 0.3) is 0 Å². The number of anilines is 3. The minimum absolute atomic E-state index is 0. The van der Waals surface area contributed by atoms with Gasteiger partial charge in [0, 0.05) is 17.1 Å². The van der Waals surface area contributed by atoms with Crippen molar-refractivity contribution >= 4 is 47.4 Å². The maximum Gasteiger partial charge on any atom is 4.00 e. The molecule has 0 bridgehead atoms. The predicted molar refractivity (Wildman–Crippen MR) is 132 cm³/mol. The van der Waals surface area contributed by atoms with Crippen LogP contribution in [0.5, 0.6) is 0 Å². The summed E-state index contributed by atoms with van der Waals surface area (Å²) in [7, 11) is -13.0. The van der Waals surface area contributed by atoms with Gasteiger partial charge in [-0.1, -0.05) is 13.8 Å². The van der Waals surface area contributed by atoms with Crippen LogP contribution in [0.4, 0.5) is 17.1 Å². The van der Waals surface area contributed by atoms with Crippen LogP contribution in [0, 0.1) is 0 Å². The van der Waals surface area contributed by atoms with E-state index in [9.17, 15) is 44.0 Å². The summed E-state index contributed by atoms with van der Waals surface area (Å²) >= 11 is 0. The number of benzene rings is 3. The number of hydrogen-bond acceptors (Lipinski definition) is 13. The van der Waals surface area contributed by atoms with Gasteiger partial charge in [0.05, 0.1) is 14.7 Å². The van der Waals surface area contributed by atoms with Gasteiger partial charge in [0.15, 0.2) is 0 Å². The minimum Gasteiger partial charge on any atom is -0.852 e. The monoisotopic (exact) mass is 623 g/mol. The molecule has 0 amide bonds. The summed E-state index contributed by atoms with van der Waals surface area (Å²) in [4.78, 5) is -0.773. The van der Waals surface area contributed by atoms with Gasteiger partial charge in [-0.15, -0.1) is 6.10 Å². The molecule has 0 aliphatic heterocycles. The van der Waals surface area contributed by atoms with Crippen LogP contribution >= 0.6 is 0 Å². The zero-order valence-electron chi connectivity index (χ0n) is 20.0. The summed E-state index contributed by atoms with van der Waals surface area (Å²) in [6.07, 6.45) is -0.417. The molecule has 0 aliphatic rings. The summed E-state index contributed by atoms with van der Waals surface area (Å²) in [5, 5.41) is 9.53. The first-order valence-electron chi connectivity index (χ1n) is 9.83. The van der Waals surface area contributed by atoms with Crippen molar-refractivity contribution in [3.63, 3.8) is 0 Å². The number of nitrogen functional groups attached to an aromatic ring is 3. The minimum atomic E-state index is -4.33. The van der Waals surface area contributed by atoms with Crippen LogP contribution in [0.15, 0.2) is 87.5 Å². The molecule has 3 aromatic carbocycles. The second-order valence-corrected chi connectivity index (χ2v) is 11.3. The third-order valence-corrected chi connectivity index (χ3v) is 6.05. The molecule has 0 unspecified atom stereocenters. The van der Waals surface area contributed by atoms with Crippen LogP contribution in [0.2, 0.25) is 0 Å². The second-order valence-electron chi connectivity index (χ2n) is 7.12. The van der Waals surface area contributed by atoms with Crippen molar-refractivity contribution in [1.29, 1.82) is 0 Å². The topological polar surface area (TPSA) is 273 Å². The van der Waals surface area contributed by atoms with Crippen LogP contribution in [0.25, 0.3) is 0 Å². The molecule has 0 aliphatic carbocycles. The van der Waals surface area contributed by atoms with E-state index in [-0.39, 0.29) is 36.4 Å². The van der Waals surface area contributed by atoms with Crippen LogP contribution in [-0.2, 0) is 52.1 Å². The summed E-state index contributed by atoms with van der Waals surface area (Å²) in [6, 6.07) is 15.3. The SMILES string of the molecule is CC(C)[O-].Nc1ccc(S(=O)(=O)[O-])cc1.Nc1ccc(S(=O)(=O)[O-])cc1.Nc1ccc(S(=O)(=O)[O-])cc1.[Ti+4]. The van der Waals surface area contributed by atoms with Gasteiger partial charge in [0.1, 0.15) is 30.4 Å². The average Bonchev–Trinajstić information content (AvgIpc) is 2.73. The van der Waals surface area contributed by atoms with Gasteiger partial charge in [-0.2, -0.15) is 0 Å². The Bertz CT molecular complexity index is 1250. The second kappa shape index (κ2) is 16.4. The Morgan fingerprint density at radius 1 is 0.500 bits per heavy atom. The van der Waals surface area contributed by atoms with Crippen molar-refractivity contribution in [3.05, 3.63) is 72.8 Å². The van der Waals surface area contributed by atoms with E-state index in [0.717, 1.165) is 0 Å². The number of nitrogens with two attached hydrogens (primary N) is 3. The molecule has 0 aromatic heterocycles. The number of hydrogen-bond donors (Lipinski definition) is 3. The molecule has 0 spiro atoms. The molecule has 0 saturated heterocycles. The molecule has 6 N–H and O–H groups in total. The van der Waals surface area contributed by atoms with E-state index in [1.165, 1.54) is 72.8 Å². The molecule has 13 nitrogen and oxygen atoms in total. The van der Waals surface area contributed by atoms with Gasteiger partial charge in [-0.3, -0.25) is 0 Å². The molecule has 0 heterocycles. The van der Waals surface area contributed by atoms with E-state index in [1.54, 1.807) is 13.8 Å². The standard InChI is InChI=1S/3C6H7NO3S.C3H7O.Ti/c3*7-5-1-3-6(4-2-5)11(8,9)10;1-3(2)4;/h3*1-4H,7H2,(H,8,9,10);3H,1-2H3;/q;;;-1;+4/p-3. The fourth-order valence-corrected chi connectivity index (χ4v) is 3.31. The van der Waals surface area contributed by atoms with Gasteiger partial charge >= 0.3 is 21.7 Å². The molecule has 17 heteroatoms. The van der Waals surface area contributed by atoms with Gasteiger partial charge < -0.3 is 36.0 Å². The summed E-state index contributed by atoms with van der Waals surface area (Å²) < 4.78 is 93.1. The molecule has 3 aromatic rings. The first kappa shape index (κ1) is 37.6. The van der Waals surface area contributed by atoms with Gasteiger partial charge in [0.2, 0.25) is 0 Å². The normalized spacial score (nSPS) is 10.8. The largest absolute Gasteiger partial charge is 4.00 e. The van der Waals surface area contributed by atoms with E-state index in [0.29, 0.717) is 17.1 Å². The van der Waals surface area contributed by atoms with Crippen LogP contribution in [0.1, 0.15) is 13.8 Å². The van der Waals surface area contributed by atoms with Crippen molar-refractivity contribution in [1.82, 2.24) is 0 Å². The summed E-state index contributed by atoms with van der Waals surface area (Å²) in [5.74, 6) is 0. The zero-order valence-corrected chi connectivity index (χ0v) is 24.1. The molecule has 0 saturated carbocycles. The van der Waals surface area contributed by atoms with Crippen molar-refractivity contribution in [3.8, 4) is 0 Å². The Morgan fingerprint density at radius 2 is 0.632 bits per heavy atom. The molecule has 3 rings (SSSR count). The average molecular weight is 624 g/mol. The molecule has 206 valence electrons. The molecule has 0 radical (unpaired) electrons. The molecule has 0 fully saturated rings. The van der Waals surface area contributed by atoms with Crippen LogP contribution in [0.3, 0.4) is 0 Å². The molecular formula is C21H25N3O10S3Ti. The quantitative estimate of drug-likeness (QED) is 0.201. The molecule has 38 heavy (non-hydrogen) atoms. The van der Waals surface area contributed by atoms with E-state index in [1.807, 2.05) is 0 Å². The smallest absolute Gasteiger partial charge is 0.852 e. The van der Waals surface area contributed by atoms with E-state index in [2.05, 4.69) is 0 Å². The van der Waals surface area contributed by atoms with Crippen LogP contribution in [-0.4, -0.2) is 45.0 Å². The summed E-state index contributed by atoms with van der Waals surface area (Å²) in [6.45, 7) is 3.22. The van der Waals surface area contributed by atoms with E-state index >= 15 is 0 Å². The van der Waals surface area contributed by atoms with Crippen molar-refractivity contribution in [2.75, 3.05) is 17.2 Å². The van der Waals surface area contributed by atoms with Gasteiger partial charge in [-0.25, -0.2) is 25.3 Å². The van der Waals surface area contributed by atoms with Crippen molar-refractivity contribution in [2.45, 2.75) is 34.6 Å². The third-order valence-electron chi connectivity index (χ3n) is 3.51. The third kappa shape index (κ3) is 17.1. The Morgan fingerprint density at radius 3 is 0.737 bits per heavy atom. The molecular weight excluding hydrogens is 598 g/mol. The maximum atomic E-state index is 10.3. The first-order valence-corrected chi connectivity index (χ1v) is 14.1.